The SMILES string of the molecule is O=C(Oc1ccccc1C(=O)COC(=O)c1cc(-c2ccc(Cl)cc2)nc2ccccc12)c1ccc([N+](=O)[O-])cc1. The highest BCUT2D eigenvalue weighted by Gasteiger charge is 2.20. The van der Waals surface area contributed by atoms with Crippen LogP contribution in [0.25, 0.3) is 22.2 Å². The van der Waals surface area contributed by atoms with Gasteiger partial charge in [-0.25, -0.2) is 14.6 Å². The summed E-state index contributed by atoms with van der Waals surface area (Å²) in [6.07, 6.45) is 0. The van der Waals surface area contributed by atoms with Crippen LogP contribution < -0.4 is 4.74 Å². The summed E-state index contributed by atoms with van der Waals surface area (Å²) in [6, 6.07) is 26.5. The van der Waals surface area contributed by atoms with Crippen LogP contribution in [0.5, 0.6) is 5.75 Å². The van der Waals surface area contributed by atoms with Gasteiger partial charge in [-0.1, -0.05) is 54.1 Å². The molecule has 41 heavy (non-hydrogen) atoms. The maximum Gasteiger partial charge on any atom is 0.343 e. The molecule has 1 heterocycles. The third-order valence-electron chi connectivity index (χ3n) is 6.11. The molecule has 4 aromatic carbocycles. The van der Waals surface area contributed by atoms with Gasteiger partial charge in [-0.2, -0.15) is 0 Å². The van der Waals surface area contributed by atoms with Crippen molar-refractivity contribution in [3.05, 3.63) is 135 Å². The monoisotopic (exact) mass is 566 g/mol. The van der Waals surface area contributed by atoms with E-state index in [4.69, 9.17) is 21.1 Å². The number of esters is 2. The number of fused-ring (bicyclic) bond motifs is 1. The smallest absolute Gasteiger partial charge is 0.343 e. The molecule has 0 amide bonds. The Morgan fingerprint density at radius 2 is 1.49 bits per heavy atom. The molecule has 0 aliphatic rings. The maximum absolute atomic E-state index is 13.2. The summed E-state index contributed by atoms with van der Waals surface area (Å²) in [6.45, 7) is -0.613. The van der Waals surface area contributed by atoms with Crippen molar-refractivity contribution in [2.75, 3.05) is 6.61 Å². The van der Waals surface area contributed by atoms with Gasteiger partial charge >= 0.3 is 11.9 Å². The van der Waals surface area contributed by atoms with Crippen LogP contribution in [0.1, 0.15) is 31.1 Å². The summed E-state index contributed by atoms with van der Waals surface area (Å²) < 4.78 is 10.8. The van der Waals surface area contributed by atoms with Gasteiger partial charge < -0.3 is 9.47 Å². The van der Waals surface area contributed by atoms with E-state index in [9.17, 15) is 24.5 Å². The molecule has 0 spiro atoms. The molecule has 9 nitrogen and oxygen atoms in total. The largest absolute Gasteiger partial charge is 0.454 e. The van der Waals surface area contributed by atoms with Gasteiger partial charge in [0.05, 0.1) is 32.8 Å². The average molecular weight is 567 g/mol. The number of ketones is 1. The number of hydrogen-bond acceptors (Lipinski definition) is 8. The van der Waals surface area contributed by atoms with E-state index in [2.05, 4.69) is 4.98 Å². The molecule has 202 valence electrons. The molecule has 5 rings (SSSR count). The number of rotatable bonds is 8. The lowest BCUT2D eigenvalue weighted by Gasteiger charge is -2.12. The minimum absolute atomic E-state index is 0.0250. The number of nitro groups is 1. The van der Waals surface area contributed by atoms with Crippen LogP contribution >= 0.6 is 11.6 Å². The number of non-ortho nitro benzene ring substituents is 1. The summed E-state index contributed by atoms with van der Waals surface area (Å²) in [5, 5.41) is 12.0. The van der Waals surface area contributed by atoms with E-state index in [1.165, 1.54) is 36.4 Å². The number of carbonyl (C=O) groups is 3. The van der Waals surface area contributed by atoms with Crippen LogP contribution in [0.2, 0.25) is 5.02 Å². The van der Waals surface area contributed by atoms with E-state index in [1.54, 1.807) is 66.7 Å². The van der Waals surface area contributed by atoms with Crippen LogP contribution in [-0.4, -0.2) is 34.2 Å². The zero-order valence-corrected chi connectivity index (χ0v) is 21.9. The summed E-state index contributed by atoms with van der Waals surface area (Å²) in [5.41, 5.74) is 1.98. The highest BCUT2D eigenvalue weighted by molar-refractivity contribution is 6.30. The number of para-hydroxylation sites is 2. The zero-order valence-electron chi connectivity index (χ0n) is 21.2. The maximum atomic E-state index is 13.2. The number of pyridine rings is 1. The second-order valence-corrected chi connectivity index (χ2v) is 9.20. The average Bonchev–Trinajstić information content (AvgIpc) is 2.99. The van der Waals surface area contributed by atoms with E-state index in [1.807, 2.05) is 0 Å². The summed E-state index contributed by atoms with van der Waals surface area (Å²) in [4.78, 5) is 53.8. The van der Waals surface area contributed by atoms with E-state index < -0.39 is 29.3 Å². The fourth-order valence-electron chi connectivity index (χ4n) is 4.06. The van der Waals surface area contributed by atoms with Crippen molar-refractivity contribution >= 4 is 45.9 Å². The number of carbonyl (C=O) groups excluding carboxylic acids is 3. The molecule has 0 unspecified atom stereocenters. The molecular weight excluding hydrogens is 548 g/mol. The Morgan fingerprint density at radius 1 is 0.805 bits per heavy atom. The molecule has 10 heteroatoms. The van der Waals surface area contributed by atoms with E-state index >= 15 is 0 Å². The van der Waals surface area contributed by atoms with Gasteiger partial charge in [0.1, 0.15) is 5.75 Å². The van der Waals surface area contributed by atoms with Crippen molar-refractivity contribution in [2.24, 2.45) is 0 Å². The first kappa shape index (κ1) is 27.2. The van der Waals surface area contributed by atoms with Crippen molar-refractivity contribution in [1.82, 2.24) is 4.98 Å². The lowest BCUT2D eigenvalue weighted by molar-refractivity contribution is -0.384. The van der Waals surface area contributed by atoms with Crippen LogP contribution in [0.4, 0.5) is 5.69 Å². The number of benzene rings is 4. The quantitative estimate of drug-likeness (QED) is 0.0666. The number of hydrogen-bond donors (Lipinski definition) is 0. The van der Waals surface area contributed by atoms with Crippen LogP contribution in [0.3, 0.4) is 0 Å². The fraction of sp³-hybridized carbons (Fsp3) is 0.0323. The van der Waals surface area contributed by atoms with Gasteiger partial charge in [0.2, 0.25) is 5.78 Å². The summed E-state index contributed by atoms with van der Waals surface area (Å²) in [5.74, 6) is -2.18. The molecule has 0 fully saturated rings. The molecular formula is C31H19ClN2O7. The van der Waals surface area contributed by atoms with Crippen molar-refractivity contribution in [3.8, 4) is 17.0 Å². The Hall–Kier alpha value is -5.41. The number of nitro benzene ring substituents is 1. The Morgan fingerprint density at radius 3 is 2.22 bits per heavy atom. The highest BCUT2D eigenvalue weighted by atomic mass is 35.5. The molecule has 1 aromatic heterocycles. The van der Waals surface area contributed by atoms with E-state index in [0.29, 0.717) is 21.6 Å². The Labute approximate surface area is 238 Å². The standard InChI is InChI=1S/C31H19ClN2O7/c32-21-13-9-19(10-14-21)27-17-25(23-5-1-3-7-26(23)33-27)31(37)40-18-28(35)24-6-2-4-8-29(24)41-30(36)20-11-15-22(16-12-20)34(38)39/h1-17H,18H2. The predicted octanol–water partition coefficient (Wildman–Crippen LogP) is 6.72. The number of aromatic nitrogens is 1. The number of halogens is 1. The molecule has 0 atom stereocenters. The summed E-state index contributed by atoms with van der Waals surface area (Å²) >= 11 is 6.01. The van der Waals surface area contributed by atoms with Gasteiger partial charge in [0.25, 0.3) is 5.69 Å². The Kier molecular flexibility index (Phi) is 7.80. The first-order valence-corrected chi connectivity index (χ1v) is 12.6. The fourth-order valence-corrected chi connectivity index (χ4v) is 4.19. The lowest BCUT2D eigenvalue weighted by atomic mass is 10.0. The van der Waals surface area contributed by atoms with Crippen molar-refractivity contribution in [1.29, 1.82) is 0 Å². The van der Waals surface area contributed by atoms with Gasteiger partial charge in [-0.3, -0.25) is 14.9 Å². The number of ether oxygens (including phenoxy) is 2. The minimum Gasteiger partial charge on any atom is -0.454 e. The molecule has 0 aliphatic heterocycles. The molecule has 5 aromatic rings. The van der Waals surface area contributed by atoms with Gasteiger partial charge in [0, 0.05) is 28.1 Å². The molecule has 0 saturated heterocycles. The normalized spacial score (nSPS) is 10.7. The molecule has 0 bridgehead atoms. The molecule has 0 saturated carbocycles. The van der Waals surface area contributed by atoms with Crippen molar-refractivity contribution in [3.63, 3.8) is 0 Å². The van der Waals surface area contributed by atoms with Crippen LogP contribution in [0.15, 0.2) is 103 Å². The first-order valence-electron chi connectivity index (χ1n) is 12.2. The third-order valence-corrected chi connectivity index (χ3v) is 6.37. The van der Waals surface area contributed by atoms with E-state index in [0.717, 1.165) is 5.56 Å². The number of Topliss-reactive ketones (excluding diaryl/α,β-unsaturated/α-hetero) is 1. The van der Waals surface area contributed by atoms with Crippen LogP contribution in [0, 0.1) is 10.1 Å². The van der Waals surface area contributed by atoms with Gasteiger partial charge in [-0.15, -0.1) is 0 Å². The number of nitrogens with zero attached hydrogens (tertiary/aromatic N) is 2. The van der Waals surface area contributed by atoms with E-state index in [-0.39, 0.29) is 28.1 Å². The van der Waals surface area contributed by atoms with Crippen molar-refractivity contribution in [2.45, 2.75) is 0 Å². The molecule has 0 N–H and O–H groups in total. The Bertz CT molecular complexity index is 1800. The molecule has 0 aliphatic carbocycles. The van der Waals surface area contributed by atoms with Crippen LogP contribution in [-0.2, 0) is 4.74 Å². The zero-order chi connectivity index (χ0) is 28.9. The lowest BCUT2D eigenvalue weighted by Crippen LogP contribution is -2.17. The topological polar surface area (TPSA) is 126 Å². The molecule has 0 radical (unpaired) electrons. The van der Waals surface area contributed by atoms with Crippen molar-refractivity contribution < 1.29 is 28.8 Å². The third kappa shape index (κ3) is 6.10. The van der Waals surface area contributed by atoms with Gasteiger partial charge in [-0.05, 0) is 48.5 Å². The minimum atomic E-state index is -0.810. The first-order chi connectivity index (χ1) is 19.8. The van der Waals surface area contributed by atoms with Gasteiger partial charge in [0.15, 0.2) is 6.61 Å². The summed E-state index contributed by atoms with van der Waals surface area (Å²) in [7, 11) is 0. The highest BCUT2D eigenvalue weighted by Crippen LogP contribution is 2.27. The second-order valence-electron chi connectivity index (χ2n) is 8.77. The predicted molar refractivity (Wildman–Crippen MR) is 151 cm³/mol. The second kappa shape index (κ2) is 11.8. The Balaban J connectivity index is 1.34.